The first kappa shape index (κ1) is 15.8. The van der Waals surface area contributed by atoms with Crippen molar-refractivity contribution in [2.24, 2.45) is 0 Å². The van der Waals surface area contributed by atoms with Gasteiger partial charge in [-0.05, 0) is 60.1 Å². The van der Waals surface area contributed by atoms with Gasteiger partial charge in [-0.15, -0.1) is 0 Å². The van der Waals surface area contributed by atoms with Crippen molar-refractivity contribution < 1.29 is 4.39 Å². The SMILES string of the molecule is CC(C)N(C)c1ccc(NCc2cccc(Br)n2)cc1F. The summed E-state index contributed by atoms with van der Waals surface area (Å²) in [6.07, 6.45) is 0. The van der Waals surface area contributed by atoms with E-state index in [-0.39, 0.29) is 11.9 Å². The summed E-state index contributed by atoms with van der Waals surface area (Å²) in [4.78, 5) is 6.24. The minimum absolute atomic E-state index is 0.224. The second-order valence-corrected chi connectivity index (χ2v) is 5.99. The molecule has 0 fully saturated rings. The monoisotopic (exact) mass is 351 g/mol. The molecular formula is C16H19BrFN3. The van der Waals surface area contributed by atoms with E-state index >= 15 is 0 Å². The number of hydrogen-bond donors (Lipinski definition) is 1. The Hall–Kier alpha value is -1.62. The Morgan fingerprint density at radius 2 is 2.05 bits per heavy atom. The minimum Gasteiger partial charge on any atom is -0.379 e. The third-order valence-corrected chi connectivity index (χ3v) is 3.79. The van der Waals surface area contributed by atoms with Crippen LogP contribution in [0.2, 0.25) is 0 Å². The number of pyridine rings is 1. The summed E-state index contributed by atoms with van der Waals surface area (Å²) in [5, 5.41) is 3.18. The van der Waals surface area contributed by atoms with Crippen LogP contribution < -0.4 is 10.2 Å². The molecule has 0 aliphatic carbocycles. The molecule has 0 saturated carbocycles. The van der Waals surface area contributed by atoms with Crippen LogP contribution in [0, 0.1) is 5.82 Å². The number of nitrogens with zero attached hydrogens (tertiary/aromatic N) is 2. The summed E-state index contributed by atoms with van der Waals surface area (Å²) in [6, 6.07) is 11.2. The maximum Gasteiger partial charge on any atom is 0.148 e. The van der Waals surface area contributed by atoms with E-state index in [9.17, 15) is 4.39 Å². The van der Waals surface area contributed by atoms with E-state index in [1.54, 1.807) is 6.07 Å². The molecule has 1 N–H and O–H groups in total. The molecule has 1 aromatic heterocycles. The van der Waals surface area contributed by atoms with Crippen molar-refractivity contribution in [1.29, 1.82) is 0 Å². The lowest BCUT2D eigenvalue weighted by molar-refractivity contribution is 0.614. The Bertz CT molecular complexity index is 616. The van der Waals surface area contributed by atoms with E-state index in [0.717, 1.165) is 16.0 Å². The Labute approximate surface area is 133 Å². The molecule has 3 nitrogen and oxygen atoms in total. The van der Waals surface area contributed by atoms with Gasteiger partial charge in [-0.25, -0.2) is 9.37 Å². The molecule has 0 bridgehead atoms. The highest BCUT2D eigenvalue weighted by Crippen LogP contribution is 2.23. The molecule has 112 valence electrons. The average Bonchev–Trinajstić information content (AvgIpc) is 2.44. The second kappa shape index (κ2) is 6.89. The summed E-state index contributed by atoms with van der Waals surface area (Å²) in [5.41, 5.74) is 2.25. The maximum absolute atomic E-state index is 14.1. The molecule has 0 atom stereocenters. The predicted octanol–water partition coefficient (Wildman–Crippen LogP) is 4.44. The Morgan fingerprint density at radius 1 is 1.29 bits per heavy atom. The molecule has 1 aromatic carbocycles. The maximum atomic E-state index is 14.1. The lowest BCUT2D eigenvalue weighted by Crippen LogP contribution is -2.26. The van der Waals surface area contributed by atoms with Gasteiger partial charge >= 0.3 is 0 Å². The van der Waals surface area contributed by atoms with Gasteiger partial charge in [-0.1, -0.05) is 6.07 Å². The van der Waals surface area contributed by atoms with Gasteiger partial charge < -0.3 is 10.2 Å². The smallest absolute Gasteiger partial charge is 0.148 e. The highest BCUT2D eigenvalue weighted by atomic mass is 79.9. The van der Waals surface area contributed by atoms with Gasteiger partial charge in [0, 0.05) is 18.8 Å². The zero-order valence-corrected chi connectivity index (χ0v) is 14.0. The highest BCUT2D eigenvalue weighted by Gasteiger charge is 2.10. The van der Waals surface area contributed by atoms with Crippen LogP contribution >= 0.6 is 15.9 Å². The predicted molar refractivity (Wildman–Crippen MR) is 89.2 cm³/mol. The quantitative estimate of drug-likeness (QED) is 0.807. The van der Waals surface area contributed by atoms with Crippen molar-refractivity contribution in [1.82, 2.24) is 4.98 Å². The molecule has 2 rings (SSSR count). The van der Waals surface area contributed by atoms with E-state index in [1.165, 1.54) is 6.07 Å². The van der Waals surface area contributed by atoms with Crippen LogP contribution in [0.5, 0.6) is 0 Å². The van der Waals surface area contributed by atoms with Crippen molar-refractivity contribution in [3.63, 3.8) is 0 Å². The third-order valence-electron chi connectivity index (χ3n) is 3.35. The summed E-state index contributed by atoms with van der Waals surface area (Å²) in [7, 11) is 1.89. The van der Waals surface area contributed by atoms with Gasteiger partial charge in [0.1, 0.15) is 10.4 Å². The first-order valence-corrected chi connectivity index (χ1v) is 7.64. The largest absolute Gasteiger partial charge is 0.379 e. The summed E-state index contributed by atoms with van der Waals surface area (Å²) in [5.74, 6) is -0.224. The van der Waals surface area contributed by atoms with Crippen LogP contribution in [0.1, 0.15) is 19.5 Å². The average molecular weight is 352 g/mol. The van der Waals surface area contributed by atoms with Gasteiger partial charge in [0.05, 0.1) is 17.9 Å². The lowest BCUT2D eigenvalue weighted by atomic mass is 10.2. The summed E-state index contributed by atoms with van der Waals surface area (Å²) < 4.78 is 14.9. The molecule has 5 heteroatoms. The van der Waals surface area contributed by atoms with E-state index in [4.69, 9.17) is 0 Å². The number of aromatic nitrogens is 1. The fourth-order valence-corrected chi connectivity index (χ4v) is 2.30. The van der Waals surface area contributed by atoms with Crippen LogP contribution in [0.3, 0.4) is 0 Å². The first-order chi connectivity index (χ1) is 9.97. The van der Waals surface area contributed by atoms with Crippen LogP contribution in [0.4, 0.5) is 15.8 Å². The molecule has 0 saturated heterocycles. The van der Waals surface area contributed by atoms with Gasteiger partial charge in [-0.3, -0.25) is 0 Å². The van der Waals surface area contributed by atoms with Crippen molar-refractivity contribution in [2.75, 3.05) is 17.3 Å². The minimum atomic E-state index is -0.224. The molecule has 0 unspecified atom stereocenters. The van der Waals surface area contributed by atoms with Gasteiger partial charge in [0.25, 0.3) is 0 Å². The molecular weight excluding hydrogens is 333 g/mol. The molecule has 21 heavy (non-hydrogen) atoms. The topological polar surface area (TPSA) is 28.2 Å². The summed E-state index contributed by atoms with van der Waals surface area (Å²) >= 11 is 3.33. The number of hydrogen-bond acceptors (Lipinski definition) is 3. The number of benzene rings is 1. The van der Waals surface area contributed by atoms with Crippen LogP contribution in [0.25, 0.3) is 0 Å². The number of halogens is 2. The van der Waals surface area contributed by atoms with Gasteiger partial charge in [-0.2, -0.15) is 0 Å². The van der Waals surface area contributed by atoms with E-state index < -0.39 is 0 Å². The Kier molecular flexibility index (Phi) is 5.17. The van der Waals surface area contributed by atoms with Crippen molar-refractivity contribution >= 4 is 27.3 Å². The van der Waals surface area contributed by atoms with Crippen molar-refractivity contribution in [3.8, 4) is 0 Å². The molecule has 1 heterocycles. The zero-order valence-electron chi connectivity index (χ0n) is 12.4. The zero-order chi connectivity index (χ0) is 15.4. The standard InChI is InChI=1S/C16H19BrFN3/c1-11(2)21(3)15-8-7-12(9-14(15)18)19-10-13-5-4-6-16(17)20-13/h4-9,11,19H,10H2,1-3H3. The van der Waals surface area contributed by atoms with Gasteiger partial charge in [0.2, 0.25) is 0 Å². The summed E-state index contributed by atoms with van der Waals surface area (Å²) in [6.45, 7) is 4.62. The van der Waals surface area contributed by atoms with Crippen LogP contribution in [-0.2, 0) is 6.54 Å². The molecule has 0 amide bonds. The van der Waals surface area contributed by atoms with Gasteiger partial charge in [0.15, 0.2) is 0 Å². The van der Waals surface area contributed by atoms with E-state index in [1.807, 2.05) is 50.1 Å². The van der Waals surface area contributed by atoms with Crippen LogP contribution in [0.15, 0.2) is 41.0 Å². The Morgan fingerprint density at radius 3 is 2.67 bits per heavy atom. The number of anilines is 2. The van der Waals surface area contributed by atoms with E-state index in [0.29, 0.717) is 12.2 Å². The lowest BCUT2D eigenvalue weighted by Gasteiger charge is -2.24. The third kappa shape index (κ3) is 4.17. The Balaban J connectivity index is 2.07. The molecule has 0 aliphatic heterocycles. The number of rotatable bonds is 5. The molecule has 0 aliphatic rings. The molecule has 2 aromatic rings. The normalized spacial score (nSPS) is 10.8. The fraction of sp³-hybridized carbons (Fsp3) is 0.312. The highest BCUT2D eigenvalue weighted by molar-refractivity contribution is 9.10. The molecule has 0 spiro atoms. The van der Waals surface area contributed by atoms with Crippen LogP contribution in [-0.4, -0.2) is 18.1 Å². The van der Waals surface area contributed by atoms with Crippen molar-refractivity contribution in [3.05, 3.63) is 52.5 Å². The van der Waals surface area contributed by atoms with Crippen molar-refractivity contribution in [2.45, 2.75) is 26.4 Å². The fourth-order valence-electron chi connectivity index (χ4n) is 1.92. The van der Waals surface area contributed by atoms with E-state index in [2.05, 4.69) is 26.2 Å². The number of nitrogens with one attached hydrogen (secondary N) is 1. The second-order valence-electron chi connectivity index (χ2n) is 5.18. The molecule has 0 radical (unpaired) electrons. The first-order valence-electron chi connectivity index (χ1n) is 6.85.